The summed E-state index contributed by atoms with van der Waals surface area (Å²) in [6.07, 6.45) is 66.0. The molecule has 0 aromatic heterocycles. The van der Waals surface area contributed by atoms with E-state index in [-0.39, 0.29) is 37.5 Å². The summed E-state index contributed by atoms with van der Waals surface area (Å²) in [5, 5.41) is 0. The summed E-state index contributed by atoms with van der Waals surface area (Å²) >= 11 is 0. The fourth-order valence-corrected chi connectivity index (χ4v) is 6.05. The van der Waals surface area contributed by atoms with Crippen LogP contribution in [0, 0.1) is 0 Å². The molecule has 0 bridgehead atoms. The summed E-state index contributed by atoms with van der Waals surface area (Å²) in [4.78, 5) is 37.9. The Labute approximate surface area is 373 Å². The Balaban J connectivity index is 4.56. The van der Waals surface area contributed by atoms with Gasteiger partial charge in [0.05, 0.1) is 0 Å². The van der Waals surface area contributed by atoms with E-state index < -0.39 is 6.10 Å². The number of ether oxygens (including phenoxy) is 3. The lowest BCUT2D eigenvalue weighted by Crippen LogP contribution is -2.30. The van der Waals surface area contributed by atoms with Gasteiger partial charge in [-0.15, -0.1) is 0 Å². The van der Waals surface area contributed by atoms with Crippen molar-refractivity contribution in [3.8, 4) is 0 Å². The Morgan fingerprint density at radius 1 is 0.344 bits per heavy atom. The quantitative estimate of drug-likeness (QED) is 0.0201. The van der Waals surface area contributed by atoms with Gasteiger partial charge in [-0.25, -0.2) is 0 Å². The largest absolute Gasteiger partial charge is 0.462 e. The van der Waals surface area contributed by atoms with Gasteiger partial charge in [0, 0.05) is 19.3 Å². The second-order valence-electron chi connectivity index (χ2n) is 15.5. The van der Waals surface area contributed by atoms with Crippen molar-refractivity contribution in [2.45, 2.75) is 194 Å². The molecule has 0 aliphatic rings. The maximum absolute atomic E-state index is 12.8. The molecular formula is C55H86O6. The molecule has 0 saturated carbocycles. The van der Waals surface area contributed by atoms with Gasteiger partial charge in [-0.1, -0.05) is 206 Å². The molecule has 0 aromatic carbocycles. The highest BCUT2D eigenvalue weighted by Crippen LogP contribution is 2.12. The molecule has 61 heavy (non-hydrogen) atoms. The van der Waals surface area contributed by atoms with E-state index in [9.17, 15) is 14.4 Å². The van der Waals surface area contributed by atoms with Gasteiger partial charge in [0.2, 0.25) is 0 Å². The molecule has 1 atom stereocenters. The Kier molecular flexibility index (Phi) is 45.1. The van der Waals surface area contributed by atoms with Crippen molar-refractivity contribution in [1.29, 1.82) is 0 Å². The fraction of sp³-hybridized carbons (Fsp3) is 0.582. The highest BCUT2D eigenvalue weighted by molar-refractivity contribution is 5.71. The van der Waals surface area contributed by atoms with Crippen LogP contribution in [0.15, 0.2) is 122 Å². The van der Waals surface area contributed by atoms with Crippen LogP contribution in [0.3, 0.4) is 0 Å². The van der Waals surface area contributed by atoms with Crippen LogP contribution in [0.2, 0.25) is 0 Å². The lowest BCUT2D eigenvalue weighted by atomic mass is 10.1. The number of hydrogen-bond donors (Lipinski definition) is 0. The van der Waals surface area contributed by atoms with E-state index in [1.807, 2.05) is 66.8 Å². The van der Waals surface area contributed by atoms with Crippen molar-refractivity contribution in [2.24, 2.45) is 0 Å². The number of esters is 3. The van der Waals surface area contributed by atoms with Crippen LogP contribution in [-0.2, 0) is 28.6 Å². The normalized spacial score (nSPS) is 13.2. The third-order valence-electron chi connectivity index (χ3n) is 9.65. The van der Waals surface area contributed by atoms with E-state index in [2.05, 4.69) is 75.5 Å². The molecule has 0 N–H and O–H groups in total. The summed E-state index contributed by atoms with van der Waals surface area (Å²) < 4.78 is 16.7. The van der Waals surface area contributed by atoms with Gasteiger partial charge in [0.15, 0.2) is 6.10 Å². The van der Waals surface area contributed by atoms with E-state index in [0.29, 0.717) is 12.8 Å². The third-order valence-corrected chi connectivity index (χ3v) is 9.65. The summed E-state index contributed by atoms with van der Waals surface area (Å²) in [5.74, 6) is -1.00. The van der Waals surface area contributed by atoms with Gasteiger partial charge >= 0.3 is 17.9 Å². The minimum absolute atomic E-state index is 0.113. The molecule has 0 heterocycles. The Bertz CT molecular complexity index is 1340. The first-order valence-corrected chi connectivity index (χ1v) is 24.2. The number of hydrogen-bond acceptors (Lipinski definition) is 6. The third kappa shape index (κ3) is 46.7. The zero-order chi connectivity index (χ0) is 44.4. The number of allylic oxidation sites excluding steroid dienone is 20. The van der Waals surface area contributed by atoms with Crippen molar-refractivity contribution in [3.63, 3.8) is 0 Å². The molecule has 0 aromatic rings. The monoisotopic (exact) mass is 843 g/mol. The van der Waals surface area contributed by atoms with Gasteiger partial charge < -0.3 is 14.2 Å². The van der Waals surface area contributed by atoms with Gasteiger partial charge in [-0.2, -0.15) is 0 Å². The molecule has 0 saturated heterocycles. The highest BCUT2D eigenvalue weighted by atomic mass is 16.6. The topological polar surface area (TPSA) is 78.9 Å². The highest BCUT2D eigenvalue weighted by Gasteiger charge is 2.19. The summed E-state index contributed by atoms with van der Waals surface area (Å²) in [6.45, 7) is 6.25. The summed E-state index contributed by atoms with van der Waals surface area (Å²) in [6, 6.07) is 0. The molecule has 0 fully saturated rings. The Morgan fingerprint density at radius 2 is 0.656 bits per heavy atom. The van der Waals surface area contributed by atoms with Crippen LogP contribution < -0.4 is 0 Å². The van der Waals surface area contributed by atoms with E-state index in [1.165, 1.54) is 38.5 Å². The van der Waals surface area contributed by atoms with Gasteiger partial charge in [-0.3, -0.25) is 14.4 Å². The lowest BCUT2D eigenvalue weighted by molar-refractivity contribution is -0.167. The van der Waals surface area contributed by atoms with E-state index >= 15 is 0 Å². The van der Waals surface area contributed by atoms with Crippen LogP contribution in [0.4, 0.5) is 0 Å². The van der Waals surface area contributed by atoms with E-state index in [0.717, 1.165) is 109 Å². The molecular weight excluding hydrogens is 757 g/mol. The molecule has 0 amide bonds. The molecule has 0 spiro atoms. The van der Waals surface area contributed by atoms with Crippen LogP contribution in [0.5, 0.6) is 0 Å². The predicted octanol–water partition coefficient (Wildman–Crippen LogP) is 15.7. The van der Waals surface area contributed by atoms with Gasteiger partial charge in [-0.05, 0) is 83.5 Å². The SMILES string of the molecule is CC\C=C/C=C\C=C/C=C\C=C\C=C/CCCCCC(=O)OCC(COC(=O)CCCCC/C=C\CCCCCCCC)OC(=O)CCCCCCC\C=C/C=C\C=C/CC. The predicted molar refractivity (Wildman–Crippen MR) is 260 cm³/mol. The zero-order valence-corrected chi connectivity index (χ0v) is 38.9. The van der Waals surface area contributed by atoms with Crippen molar-refractivity contribution < 1.29 is 28.6 Å². The Morgan fingerprint density at radius 3 is 1.07 bits per heavy atom. The van der Waals surface area contributed by atoms with Gasteiger partial charge in [0.25, 0.3) is 0 Å². The number of carbonyl (C=O) groups is 3. The lowest BCUT2D eigenvalue weighted by Gasteiger charge is -2.18. The van der Waals surface area contributed by atoms with E-state index in [1.54, 1.807) is 0 Å². The van der Waals surface area contributed by atoms with Crippen molar-refractivity contribution in [1.82, 2.24) is 0 Å². The average Bonchev–Trinajstić information content (AvgIpc) is 3.26. The standard InChI is InChI=1S/C55H86O6/c1-4-7-10-13-16-19-22-25-26-27-28-31-33-36-39-42-45-48-54(57)60-51-52(61-55(58)49-46-43-40-37-34-30-24-21-18-15-12-9-6-3)50-59-53(56)47-44-41-38-35-32-29-23-20-17-14-11-8-5-2/h7,9-10,12-13,15-16,18-19,21-22,24-29,31-33,52H,4-6,8,11,14,17,20,23,30,34-51H2,1-3H3/b10-7-,12-9-,16-13-,18-15-,22-19-,24-21-,26-25-,28-27+,32-29-,33-31-. The van der Waals surface area contributed by atoms with Crippen LogP contribution >= 0.6 is 0 Å². The van der Waals surface area contributed by atoms with Gasteiger partial charge in [0.1, 0.15) is 13.2 Å². The molecule has 6 heteroatoms. The Hall–Kier alpha value is -4.19. The maximum Gasteiger partial charge on any atom is 0.306 e. The smallest absolute Gasteiger partial charge is 0.306 e. The molecule has 342 valence electrons. The molecule has 0 aliphatic carbocycles. The second kappa shape index (κ2) is 48.5. The van der Waals surface area contributed by atoms with Crippen LogP contribution in [-0.4, -0.2) is 37.2 Å². The van der Waals surface area contributed by atoms with Crippen LogP contribution in [0.1, 0.15) is 188 Å². The summed E-state index contributed by atoms with van der Waals surface area (Å²) in [7, 11) is 0. The average molecular weight is 843 g/mol. The molecule has 0 aliphatic heterocycles. The zero-order valence-electron chi connectivity index (χ0n) is 38.9. The molecule has 0 rings (SSSR count). The van der Waals surface area contributed by atoms with Crippen molar-refractivity contribution in [3.05, 3.63) is 122 Å². The number of rotatable bonds is 41. The first-order valence-electron chi connectivity index (χ1n) is 24.2. The first-order chi connectivity index (χ1) is 30.0. The number of unbranched alkanes of at least 4 members (excludes halogenated alkanes) is 17. The first kappa shape index (κ1) is 56.8. The molecule has 0 radical (unpaired) electrons. The minimum Gasteiger partial charge on any atom is -0.462 e. The number of carbonyl (C=O) groups excluding carboxylic acids is 3. The van der Waals surface area contributed by atoms with Crippen molar-refractivity contribution in [2.75, 3.05) is 13.2 Å². The molecule has 1 unspecified atom stereocenters. The fourth-order valence-electron chi connectivity index (χ4n) is 6.05. The minimum atomic E-state index is -0.815. The van der Waals surface area contributed by atoms with E-state index in [4.69, 9.17) is 14.2 Å². The maximum atomic E-state index is 12.8. The van der Waals surface area contributed by atoms with Crippen molar-refractivity contribution >= 4 is 17.9 Å². The molecule has 6 nitrogen and oxygen atoms in total. The summed E-state index contributed by atoms with van der Waals surface area (Å²) in [5.41, 5.74) is 0. The second-order valence-corrected chi connectivity index (χ2v) is 15.5. The van der Waals surface area contributed by atoms with Crippen LogP contribution in [0.25, 0.3) is 0 Å².